The van der Waals surface area contributed by atoms with E-state index >= 15 is 0 Å². The Morgan fingerprint density at radius 2 is 2.00 bits per heavy atom. The molecule has 21 heavy (non-hydrogen) atoms. The molecule has 1 aromatic carbocycles. The van der Waals surface area contributed by atoms with Crippen molar-refractivity contribution < 1.29 is 13.6 Å². The quantitative estimate of drug-likeness (QED) is 0.821. The number of nitrogens with zero attached hydrogens (tertiary/aromatic N) is 2. The Morgan fingerprint density at radius 3 is 2.76 bits per heavy atom. The molecule has 3 N–H and O–H groups in total. The molecule has 8 heteroatoms. The number of amides is 1. The Bertz CT molecular complexity index is 766. The second-order valence-electron chi connectivity index (χ2n) is 4.53. The van der Waals surface area contributed by atoms with E-state index in [1.54, 1.807) is 0 Å². The predicted octanol–water partition coefficient (Wildman–Crippen LogP) is 2.05. The van der Waals surface area contributed by atoms with Crippen LogP contribution in [-0.2, 0) is 6.42 Å². The van der Waals surface area contributed by atoms with Crippen molar-refractivity contribution in [2.24, 2.45) is 0 Å². The van der Waals surface area contributed by atoms with E-state index in [0.717, 1.165) is 6.07 Å². The van der Waals surface area contributed by atoms with Gasteiger partial charge in [-0.1, -0.05) is 0 Å². The van der Waals surface area contributed by atoms with Crippen LogP contribution in [0.5, 0.6) is 0 Å². The third-order valence-electron chi connectivity index (χ3n) is 3.21. The van der Waals surface area contributed by atoms with E-state index in [0.29, 0.717) is 18.5 Å². The van der Waals surface area contributed by atoms with Crippen LogP contribution in [0.4, 0.5) is 14.6 Å². The normalized spacial score (nSPS) is 13.8. The van der Waals surface area contributed by atoms with E-state index in [-0.39, 0.29) is 33.1 Å². The zero-order valence-corrected chi connectivity index (χ0v) is 12.2. The fourth-order valence-electron chi connectivity index (χ4n) is 2.23. The summed E-state index contributed by atoms with van der Waals surface area (Å²) in [6, 6.07) is 2.64. The number of carbonyl (C=O) groups is 1. The number of halogens is 3. The summed E-state index contributed by atoms with van der Waals surface area (Å²) >= 11 is 2.90. The molecule has 0 bridgehead atoms. The molecular formula is C13H9BrF2N4O. The molecule has 0 atom stereocenters. The van der Waals surface area contributed by atoms with Gasteiger partial charge < -0.3 is 11.1 Å². The lowest BCUT2D eigenvalue weighted by atomic mass is 9.96. The summed E-state index contributed by atoms with van der Waals surface area (Å²) in [5.74, 6) is -2.06. The topological polar surface area (TPSA) is 80.9 Å². The van der Waals surface area contributed by atoms with Crippen molar-refractivity contribution in [3.63, 3.8) is 0 Å². The summed E-state index contributed by atoms with van der Waals surface area (Å²) in [6.45, 7) is 0.477. The molecule has 1 aromatic heterocycles. The molecule has 5 nitrogen and oxygen atoms in total. The number of rotatable bonds is 1. The van der Waals surface area contributed by atoms with E-state index in [1.165, 1.54) is 6.07 Å². The van der Waals surface area contributed by atoms with Crippen LogP contribution >= 0.6 is 15.9 Å². The summed E-state index contributed by atoms with van der Waals surface area (Å²) in [5, 5.41) is 2.64. The molecule has 108 valence electrons. The molecule has 1 aliphatic heterocycles. The van der Waals surface area contributed by atoms with E-state index < -0.39 is 11.8 Å². The Labute approximate surface area is 126 Å². The zero-order chi connectivity index (χ0) is 15.1. The molecule has 0 saturated heterocycles. The molecule has 3 rings (SSSR count). The molecule has 0 radical (unpaired) electrons. The number of anilines is 1. The minimum Gasteiger partial charge on any atom is -0.382 e. The molecular weight excluding hydrogens is 346 g/mol. The molecule has 2 heterocycles. The van der Waals surface area contributed by atoms with Crippen molar-refractivity contribution in [3.8, 4) is 11.3 Å². The minimum absolute atomic E-state index is 0.0366. The second-order valence-corrected chi connectivity index (χ2v) is 5.29. The number of nitrogens with one attached hydrogen (secondary N) is 1. The maximum atomic E-state index is 14.2. The van der Waals surface area contributed by atoms with Crippen LogP contribution in [0.15, 0.2) is 16.7 Å². The monoisotopic (exact) mass is 354 g/mol. The zero-order valence-electron chi connectivity index (χ0n) is 10.6. The fraction of sp³-hybridized carbons (Fsp3) is 0.154. The first-order chi connectivity index (χ1) is 9.97. The summed E-state index contributed by atoms with van der Waals surface area (Å²) in [5.41, 5.74) is 6.72. The Morgan fingerprint density at radius 1 is 1.24 bits per heavy atom. The number of benzene rings is 1. The van der Waals surface area contributed by atoms with E-state index in [4.69, 9.17) is 5.73 Å². The van der Waals surface area contributed by atoms with Crippen LogP contribution in [0.1, 0.15) is 15.9 Å². The summed E-state index contributed by atoms with van der Waals surface area (Å²) in [7, 11) is 0. The lowest BCUT2D eigenvalue weighted by Gasteiger charge is -2.18. The molecule has 2 aromatic rings. The van der Waals surface area contributed by atoms with E-state index in [9.17, 15) is 13.6 Å². The first-order valence-electron chi connectivity index (χ1n) is 6.07. The highest BCUT2D eigenvalue weighted by atomic mass is 79.9. The number of nitrogen functional groups attached to an aromatic ring is 1. The Balaban J connectivity index is 2.20. The highest BCUT2D eigenvalue weighted by Gasteiger charge is 2.22. The maximum Gasteiger partial charge on any atom is 0.251 e. The average molecular weight is 355 g/mol. The number of hydrogen-bond donors (Lipinski definition) is 2. The SMILES string of the molecule is Nc1nc(F)c(Br)nc1-c1cc2c(cc1F)C(=O)NCC2. The standard InChI is InChI=1S/C13H9BrF2N4O/c14-10-11(16)20-12(17)9(19-10)7-3-5-1-2-18-13(21)6(5)4-8(7)15/h3-4H,1-2H2,(H2,17,20)(H,18,21). The lowest BCUT2D eigenvalue weighted by Crippen LogP contribution is -2.32. The molecule has 0 unspecified atom stereocenters. The van der Waals surface area contributed by atoms with Gasteiger partial charge in [-0.2, -0.15) is 9.37 Å². The van der Waals surface area contributed by atoms with E-state index in [2.05, 4.69) is 31.2 Å². The van der Waals surface area contributed by atoms with Gasteiger partial charge in [0.2, 0.25) is 5.95 Å². The maximum absolute atomic E-state index is 14.2. The van der Waals surface area contributed by atoms with Gasteiger partial charge >= 0.3 is 0 Å². The van der Waals surface area contributed by atoms with Gasteiger partial charge in [-0.3, -0.25) is 4.79 Å². The van der Waals surface area contributed by atoms with Gasteiger partial charge in [-0.05, 0) is 40.0 Å². The van der Waals surface area contributed by atoms with Crippen LogP contribution in [0, 0.1) is 11.8 Å². The van der Waals surface area contributed by atoms with Crippen molar-refractivity contribution >= 4 is 27.7 Å². The molecule has 0 saturated carbocycles. The Hall–Kier alpha value is -2.09. The number of aromatic nitrogens is 2. The molecule has 0 fully saturated rings. The van der Waals surface area contributed by atoms with Gasteiger partial charge in [-0.15, -0.1) is 0 Å². The largest absolute Gasteiger partial charge is 0.382 e. The Kier molecular flexibility index (Phi) is 3.32. The van der Waals surface area contributed by atoms with Crippen LogP contribution in [-0.4, -0.2) is 22.4 Å². The van der Waals surface area contributed by atoms with Crippen molar-refractivity contribution in [2.45, 2.75) is 6.42 Å². The molecule has 0 aliphatic carbocycles. The lowest BCUT2D eigenvalue weighted by molar-refractivity contribution is 0.0945. The van der Waals surface area contributed by atoms with Gasteiger partial charge in [0, 0.05) is 17.7 Å². The highest BCUT2D eigenvalue weighted by molar-refractivity contribution is 9.10. The molecule has 1 aliphatic rings. The van der Waals surface area contributed by atoms with Gasteiger partial charge in [-0.25, -0.2) is 9.37 Å². The average Bonchev–Trinajstić information content (AvgIpc) is 2.44. The fourth-order valence-corrected chi connectivity index (χ4v) is 2.49. The molecule has 1 amide bonds. The van der Waals surface area contributed by atoms with E-state index in [1.807, 2.05) is 0 Å². The second kappa shape index (κ2) is 5.03. The first-order valence-corrected chi connectivity index (χ1v) is 6.86. The summed E-state index contributed by atoms with van der Waals surface area (Å²) in [4.78, 5) is 19.0. The van der Waals surface area contributed by atoms with Gasteiger partial charge in [0.25, 0.3) is 5.91 Å². The number of carbonyl (C=O) groups excluding carboxylic acids is 1. The van der Waals surface area contributed by atoms with Crippen LogP contribution in [0.3, 0.4) is 0 Å². The predicted molar refractivity (Wildman–Crippen MR) is 75.5 cm³/mol. The third kappa shape index (κ3) is 2.35. The van der Waals surface area contributed by atoms with Gasteiger partial charge in [0.15, 0.2) is 10.4 Å². The summed E-state index contributed by atoms with van der Waals surface area (Å²) < 4.78 is 27.3. The van der Waals surface area contributed by atoms with Crippen molar-refractivity contribution in [1.29, 1.82) is 0 Å². The number of fused-ring (bicyclic) bond motifs is 1. The van der Waals surface area contributed by atoms with Crippen LogP contribution in [0.2, 0.25) is 0 Å². The van der Waals surface area contributed by atoms with Gasteiger partial charge in [0.1, 0.15) is 11.5 Å². The van der Waals surface area contributed by atoms with Crippen molar-refractivity contribution in [2.75, 3.05) is 12.3 Å². The smallest absolute Gasteiger partial charge is 0.251 e. The van der Waals surface area contributed by atoms with Gasteiger partial charge in [0.05, 0.1) is 0 Å². The van der Waals surface area contributed by atoms with Crippen molar-refractivity contribution in [1.82, 2.24) is 15.3 Å². The van der Waals surface area contributed by atoms with Crippen LogP contribution in [0.25, 0.3) is 11.3 Å². The van der Waals surface area contributed by atoms with Crippen molar-refractivity contribution in [3.05, 3.63) is 39.6 Å². The minimum atomic E-state index is -0.867. The number of nitrogens with two attached hydrogens (primary N) is 1. The summed E-state index contributed by atoms with van der Waals surface area (Å²) in [6.07, 6.45) is 0.573. The third-order valence-corrected chi connectivity index (χ3v) is 3.72. The highest BCUT2D eigenvalue weighted by Crippen LogP contribution is 2.30. The molecule has 0 spiro atoms. The number of hydrogen-bond acceptors (Lipinski definition) is 4. The first kappa shape index (κ1) is 13.9. The van der Waals surface area contributed by atoms with Crippen LogP contribution < -0.4 is 11.1 Å².